The number of nitrogens with zero attached hydrogens (tertiary/aromatic N) is 1. The third kappa shape index (κ3) is 5.48. The first-order chi connectivity index (χ1) is 13.2. The minimum Gasteiger partial charge on any atom is -0.496 e. The number of para-hydroxylation sites is 2. The second kappa shape index (κ2) is 9.25. The van der Waals surface area contributed by atoms with Crippen LogP contribution in [0.2, 0.25) is 0 Å². The molecule has 0 aliphatic carbocycles. The number of hydrogen-bond donors (Lipinski definition) is 1. The van der Waals surface area contributed by atoms with E-state index in [0.29, 0.717) is 5.75 Å². The predicted octanol–water partition coefficient (Wildman–Crippen LogP) is 3.77. The number of methoxy groups -OCH3 is 1. The Hall–Kier alpha value is -3.03. The molecule has 2 aromatic rings. The molecule has 8 heteroatoms. The molecule has 0 radical (unpaired) electrons. The lowest BCUT2D eigenvalue weighted by Gasteiger charge is -2.24. The maximum Gasteiger partial charge on any atom is 0.418 e. The number of amides is 2. The van der Waals surface area contributed by atoms with Crippen molar-refractivity contribution < 1.29 is 27.5 Å². The van der Waals surface area contributed by atoms with Gasteiger partial charge in [0.1, 0.15) is 5.75 Å². The van der Waals surface area contributed by atoms with Gasteiger partial charge in [0.15, 0.2) is 0 Å². The summed E-state index contributed by atoms with van der Waals surface area (Å²) in [5.41, 5.74) is -0.413. The van der Waals surface area contributed by atoms with Crippen molar-refractivity contribution in [1.29, 1.82) is 0 Å². The number of anilines is 1. The van der Waals surface area contributed by atoms with Gasteiger partial charge >= 0.3 is 6.18 Å². The molecule has 0 spiro atoms. The van der Waals surface area contributed by atoms with Gasteiger partial charge in [-0.3, -0.25) is 9.59 Å². The van der Waals surface area contributed by atoms with E-state index >= 15 is 0 Å². The fourth-order valence-corrected chi connectivity index (χ4v) is 2.74. The molecule has 150 valence electrons. The van der Waals surface area contributed by atoms with Crippen molar-refractivity contribution in [3.05, 3.63) is 59.7 Å². The number of hydrogen-bond acceptors (Lipinski definition) is 3. The summed E-state index contributed by atoms with van der Waals surface area (Å²) in [6, 6.07) is 12.0. The molecule has 28 heavy (non-hydrogen) atoms. The van der Waals surface area contributed by atoms with E-state index < -0.39 is 17.6 Å². The Bertz CT molecular complexity index is 837. The van der Waals surface area contributed by atoms with E-state index in [9.17, 15) is 22.8 Å². The number of halogens is 3. The van der Waals surface area contributed by atoms with Crippen molar-refractivity contribution in [1.82, 2.24) is 5.32 Å². The second-order valence-electron chi connectivity index (χ2n) is 6.02. The maximum absolute atomic E-state index is 13.2. The first kappa shape index (κ1) is 21.3. The molecule has 0 saturated heterocycles. The molecule has 0 aliphatic rings. The van der Waals surface area contributed by atoms with Gasteiger partial charge in [-0.25, -0.2) is 0 Å². The number of carbonyl (C=O) groups is 2. The van der Waals surface area contributed by atoms with E-state index in [1.807, 2.05) is 0 Å². The summed E-state index contributed by atoms with van der Waals surface area (Å²) < 4.78 is 44.9. The molecular weight excluding hydrogens is 373 g/mol. The van der Waals surface area contributed by atoms with Gasteiger partial charge in [-0.1, -0.05) is 30.3 Å². The third-order valence-electron chi connectivity index (χ3n) is 4.11. The summed E-state index contributed by atoms with van der Waals surface area (Å²) in [5, 5.41) is 2.69. The Morgan fingerprint density at radius 3 is 2.36 bits per heavy atom. The minimum atomic E-state index is -4.60. The smallest absolute Gasteiger partial charge is 0.418 e. The van der Waals surface area contributed by atoms with Crippen LogP contribution in [0.15, 0.2) is 48.5 Å². The highest BCUT2D eigenvalue weighted by molar-refractivity contribution is 5.93. The lowest BCUT2D eigenvalue weighted by atomic mass is 10.1. The first-order valence-electron chi connectivity index (χ1n) is 8.57. The molecule has 0 bridgehead atoms. The van der Waals surface area contributed by atoms with Gasteiger partial charge in [0, 0.05) is 32.0 Å². The van der Waals surface area contributed by atoms with Crippen molar-refractivity contribution in [3.63, 3.8) is 0 Å². The predicted molar refractivity (Wildman–Crippen MR) is 98.9 cm³/mol. The van der Waals surface area contributed by atoms with Crippen LogP contribution in [0.1, 0.15) is 24.5 Å². The Labute approximate surface area is 161 Å². The van der Waals surface area contributed by atoms with Crippen LogP contribution < -0.4 is 15.0 Å². The van der Waals surface area contributed by atoms with Crippen molar-refractivity contribution in [2.24, 2.45) is 0 Å². The SMILES string of the molecule is COc1ccccc1CNC(=O)CCN(C(C)=O)c1ccccc1C(F)(F)F. The van der Waals surface area contributed by atoms with E-state index in [-0.39, 0.29) is 31.1 Å². The highest BCUT2D eigenvalue weighted by atomic mass is 19.4. The summed E-state index contributed by atoms with van der Waals surface area (Å²) in [5.74, 6) is -0.344. The standard InChI is InChI=1S/C20H21F3N2O3/c1-14(26)25(17-9-5-4-8-16(17)20(21,22)23)12-11-19(27)24-13-15-7-3-6-10-18(15)28-2/h3-10H,11-13H2,1-2H3,(H,24,27). The molecule has 0 aromatic heterocycles. The number of alkyl halides is 3. The Balaban J connectivity index is 2.04. The van der Waals surface area contributed by atoms with Crippen LogP contribution in [0.4, 0.5) is 18.9 Å². The van der Waals surface area contributed by atoms with Gasteiger partial charge in [-0.2, -0.15) is 13.2 Å². The maximum atomic E-state index is 13.2. The fourth-order valence-electron chi connectivity index (χ4n) is 2.74. The molecule has 0 aliphatic heterocycles. The molecule has 0 atom stereocenters. The van der Waals surface area contributed by atoms with E-state index in [0.717, 1.165) is 16.5 Å². The quantitative estimate of drug-likeness (QED) is 0.778. The molecular formula is C20H21F3N2O3. The molecule has 0 unspecified atom stereocenters. The van der Waals surface area contributed by atoms with Crippen molar-refractivity contribution in [2.45, 2.75) is 26.1 Å². The number of benzene rings is 2. The average molecular weight is 394 g/mol. The van der Waals surface area contributed by atoms with Crippen LogP contribution >= 0.6 is 0 Å². The van der Waals surface area contributed by atoms with Gasteiger partial charge < -0.3 is 15.0 Å². The average Bonchev–Trinajstić information content (AvgIpc) is 2.66. The second-order valence-corrected chi connectivity index (χ2v) is 6.02. The van der Waals surface area contributed by atoms with Gasteiger partial charge in [0.25, 0.3) is 0 Å². The van der Waals surface area contributed by atoms with Crippen molar-refractivity contribution >= 4 is 17.5 Å². The minimum absolute atomic E-state index is 0.138. The molecule has 0 heterocycles. The number of rotatable bonds is 7. The van der Waals surface area contributed by atoms with E-state index in [1.165, 1.54) is 32.2 Å². The Morgan fingerprint density at radius 2 is 1.71 bits per heavy atom. The van der Waals surface area contributed by atoms with Crippen LogP contribution in [0.3, 0.4) is 0 Å². The first-order valence-corrected chi connectivity index (χ1v) is 8.57. The molecule has 1 N–H and O–H groups in total. The van der Waals surface area contributed by atoms with Crippen LogP contribution in [0.5, 0.6) is 5.75 Å². The summed E-state index contributed by atoms with van der Waals surface area (Å²) >= 11 is 0. The molecule has 2 amide bonds. The highest BCUT2D eigenvalue weighted by Crippen LogP contribution is 2.36. The third-order valence-corrected chi connectivity index (χ3v) is 4.11. The van der Waals surface area contributed by atoms with Gasteiger partial charge in [0.05, 0.1) is 18.4 Å². The van der Waals surface area contributed by atoms with Crippen LogP contribution in [0.25, 0.3) is 0 Å². The van der Waals surface area contributed by atoms with E-state index in [2.05, 4.69) is 5.32 Å². The molecule has 2 rings (SSSR count). The summed E-state index contributed by atoms with van der Waals surface area (Å²) in [7, 11) is 1.52. The molecule has 2 aromatic carbocycles. The monoisotopic (exact) mass is 394 g/mol. The Morgan fingerprint density at radius 1 is 1.07 bits per heavy atom. The summed E-state index contributed by atoms with van der Waals surface area (Å²) in [6.07, 6.45) is -4.74. The zero-order valence-corrected chi connectivity index (χ0v) is 15.5. The zero-order valence-electron chi connectivity index (χ0n) is 15.5. The van der Waals surface area contributed by atoms with Crippen LogP contribution in [-0.4, -0.2) is 25.5 Å². The van der Waals surface area contributed by atoms with E-state index in [4.69, 9.17) is 4.74 Å². The fraction of sp³-hybridized carbons (Fsp3) is 0.300. The highest BCUT2D eigenvalue weighted by Gasteiger charge is 2.35. The Kier molecular flexibility index (Phi) is 7.03. The number of ether oxygens (including phenoxy) is 1. The van der Waals surface area contributed by atoms with Crippen LogP contribution in [0, 0.1) is 0 Å². The molecule has 0 fully saturated rings. The largest absolute Gasteiger partial charge is 0.496 e. The lowest BCUT2D eigenvalue weighted by molar-refractivity contribution is -0.137. The van der Waals surface area contributed by atoms with Crippen molar-refractivity contribution in [3.8, 4) is 5.75 Å². The summed E-state index contributed by atoms with van der Waals surface area (Å²) in [4.78, 5) is 25.0. The normalized spacial score (nSPS) is 11.0. The molecule has 5 nitrogen and oxygen atoms in total. The molecule has 0 saturated carbocycles. The van der Waals surface area contributed by atoms with Gasteiger partial charge in [-0.15, -0.1) is 0 Å². The van der Waals surface area contributed by atoms with Gasteiger partial charge in [0.2, 0.25) is 11.8 Å². The van der Waals surface area contributed by atoms with E-state index in [1.54, 1.807) is 24.3 Å². The number of carbonyl (C=O) groups excluding carboxylic acids is 2. The number of nitrogens with one attached hydrogen (secondary N) is 1. The summed E-state index contributed by atoms with van der Waals surface area (Å²) in [6.45, 7) is 1.21. The van der Waals surface area contributed by atoms with Crippen molar-refractivity contribution in [2.75, 3.05) is 18.6 Å². The van der Waals surface area contributed by atoms with Gasteiger partial charge in [-0.05, 0) is 18.2 Å². The zero-order chi connectivity index (χ0) is 20.7. The topological polar surface area (TPSA) is 58.6 Å². The van der Waals surface area contributed by atoms with Crippen LogP contribution in [-0.2, 0) is 22.3 Å². The lowest BCUT2D eigenvalue weighted by Crippen LogP contribution is -2.35.